The van der Waals surface area contributed by atoms with Crippen molar-refractivity contribution in [3.63, 3.8) is 0 Å². The fraction of sp³-hybridized carbons (Fsp3) is 0. The minimum atomic E-state index is 1.26. The lowest BCUT2D eigenvalue weighted by Crippen LogP contribution is -1.93. The molecule has 11 rings (SSSR count). The first kappa shape index (κ1) is 27.0. The van der Waals surface area contributed by atoms with E-state index in [0.717, 1.165) is 0 Å². The highest BCUT2D eigenvalue weighted by molar-refractivity contribution is 7.25. The van der Waals surface area contributed by atoms with Gasteiger partial charge in [-0.1, -0.05) is 146 Å². The zero-order chi connectivity index (χ0) is 32.1. The average Bonchev–Trinajstić information content (AvgIpc) is 3.54. The van der Waals surface area contributed by atoms with Gasteiger partial charge in [-0.3, -0.25) is 0 Å². The highest BCUT2D eigenvalue weighted by Gasteiger charge is 2.21. The lowest BCUT2D eigenvalue weighted by molar-refractivity contribution is 1.70. The van der Waals surface area contributed by atoms with Crippen LogP contribution in [0.2, 0.25) is 0 Å². The summed E-state index contributed by atoms with van der Waals surface area (Å²) in [5.74, 6) is 0. The van der Waals surface area contributed by atoms with E-state index in [2.05, 4.69) is 170 Å². The Labute approximate surface area is 287 Å². The van der Waals surface area contributed by atoms with E-state index in [4.69, 9.17) is 0 Å². The van der Waals surface area contributed by atoms with E-state index in [-0.39, 0.29) is 0 Å². The van der Waals surface area contributed by atoms with Gasteiger partial charge in [0, 0.05) is 20.2 Å². The Kier molecular flexibility index (Phi) is 5.64. The number of thiophene rings is 1. The lowest BCUT2D eigenvalue weighted by Gasteiger charge is -2.20. The maximum atomic E-state index is 2.49. The van der Waals surface area contributed by atoms with Crippen molar-refractivity contribution in [3.8, 4) is 22.3 Å². The molecule has 0 saturated heterocycles. The third-order valence-electron chi connectivity index (χ3n) is 10.6. The quantitative estimate of drug-likeness (QED) is 0.131. The van der Waals surface area contributed by atoms with E-state index in [9.17, 15) is 0 Å². The Morgan fingerprint density at radius 3 is 1.33 bits per heavy atom. The van der Waals surface area contributed by atoms with Crippen molar-refractivity contribution < 1.29 is 0 Å². The van der Waals surface area contributed by atoms with Crippen molar-refractivity contribution >= 4 is 96.1 Å². The second kappa shape index (κ2) is 10.2. The van der Waals surface area contributed by atoms with E-state index in [1.165, 1.54) is 107 Å². The summed E-state index contributed by atoms with van der Waals surface area (Å²) in [6.45, 7) is 0. The minimum absolute atomic E-state index is 1.26. The molecule has 10 aromatic carbocycles. The molecule has 226 valence electrons. The molecule has 1 heterocycles. The molecule has 0 fully saturated rings. The van der Waals surface area contributed by atoms with Crippen LogP contribution in [0.1, 0.15) is 0 Å². The SMILES string of the molecule is c1ccc2c(c1)sc1ccc(-c3c4ccccc4c(-c4cc5c6ccccc6c6ccccc6c5c5ccccc45)c4ccccc34)cc12. The van der Waals surface area contributed by atoms with Gasteiger partial charge in [-0.25, -0.2) is 0 Å². The van der Waals surface area contributed by atoms with Crippen LogP contribution in [-0.2, 0) is 0 Å². The fourth-order valence-electron chi connectivity index (χ4n) is 8.58. The molecule has 11 aromatic rings. The third kappa shape index (κ3) is 3.79. The van der Waals surface area contributed by atoms with Gasteiger partial charge in [-0.05, 0) is 111 Å². The summed E-state index contributed by atoms with van der Waals surface area (Å²) < 4.78 is 2.67. The Balaban J connectivity index is 1.31. The monoisotopic (exact) mass is 636 g/mol. The zero-order valence-corrected chi connectivity index (χ0v) is 27.4. The van der Waals surface area contributed by atoms with E-state index < -0.39 is 0 Å². The fourth-order valence-corrected chi connectivity index (χ4v) is 9.67. The van der Waals surface area contributed by atoms with Gasteiger partial charge < -0.3 is 0 Å². The first-order valence-corrected chi connectivity index (χ1v) is 17.8. The van der Waals surface area contributed by atoms with Crippen molar-refractivity contribution in [3.05, 3.63) is 170 Å². The van der Waals surface area contributed by atoms with Crippen LogP contribution in [0.25, 0.3) is 107 Å². The van der Waals surface area contributed by atoms with Crippen LogP contribution in [0.3, 0.4) is 0 Å². The first-order chi connectivity index (χ1) is 24.3. The summed E-state index contributed by atoms with van der Waals surface area (Å²) in [7, 11) is 0. The molecule has 1 heteroatoms. The molecular weight excluding hydrogens is 609 g/mol. The van der Waals surface area contributed by atoms with Gasteiger partial charge in [-0.2, -0.15) is 0 Å². The van der Waals surface area contributed by atoms with E-state index in [1.54, 1.807) is 0 Å². The van der Waals surface area contributed by atoms with Gasteiger partial charge >= 0.3 is 0 Å². The van der Waals surface area contributed by atoms with Gasteiger partial charge in [-0.15, -0.1) is 11.3 Å². The summed E-state index contributed by atoms with van der Waals surface area (Å²) >= 11 is 1.88. The topological polar surface area (TPSA) is 0 Å². The predicted octanol–water partition coefficient (Wildman–Crippen LogP) is 14.3. The molecule has 0 aliphatic rings. The number of rotatable bonds is 2. The first-order valence-electron chi connectivity index (χ1n) is 16.9. The summed E-state index contributed by atoms with van der Waals surface area (Å²) in [6, 6.07) is 63.3. The standard InChI is InChI=1S/C48H28S/c1-2-15-32-30(13-1)31-14-3-5-18-35(31)47-36-19-6-4-16-33(36)43(28-42(32)47)48-39-22-9-7-20-37(39)46(38-21-8-10-23-40(38)48)29-25-26-45-41(27-29)34-17-11-12-24-44(34)49-45/h1-28H. The normalized spacial score (nSPS) is 12.1. The summed E-state index contributed by atoms with van der Waals surface area (Å²) in [6.07, 6.45) is 0. The Bertz CT molecular complexity index is 3100. The van der Waals surface area contributed by atoms with Crippen LogP contribution < -0.4 is 0 Å². The second-order valence-electron chi connectivity index (χ2n) is 13.1. The molecule has 0 aliphatic carbocycles. The Morgan fingerprint density at radius 1 is 0.265 bits per heavy atom. The molecule has 0 aliphatic heterocycles. The summed E-state index contributed by atoms with van der Waals surface area (Å²) in [5.41, 5.74) is 5.14. The highest BCUT2D eigenvalue weighted by atomic mass is 32.1. The predicted molar refractivity (Wildman–Crippen MR) is 215 cm³/mol. The maximum Gasteiger partial charge on any atom is 0.0355 e. The van der Waals surface area contributed by atoms with Crippen LogP contribution in [0.15, 0.2) is 170 Å². The van der Waals surface area contributed by atoms with Crippen LogP contribution >= 0.6 is 11.3 Å². The molecule has 0 spiro atoms. The smallest absolute Gasteiger partial charge is 0.0355 e. The molecule has 0 N–H and O–H groups in total. The van der Waals surface area contributed by atoms with Gasteiger partial charge in [0.25, 0.3) is 0 Å². The molecule has 0 bridgehead atoms. The van der Waals surface area contributed by atoms with E-state index in [1.807, 2.05) is 11.3 Å². The highest BCUT2D eigenvalue weighted by Crippen LogP contribution is 2.49. The van der Waals surface area contributed by atoms with Gasteiger partial charge in [0.2, 0.25) is 0 Å². The van der Waals surface area contributed by atoms with Gasteiger partial charge in [0.15, 0.2) is 0 Å². The molecule has 0 unspecified atom stereocenters. The van der Waals surface area contributed by atoms with Crippen molar-refractivity contribution in [1.29, 1.82) is 0 Å². The van der Waals surface area contributed by atoms with Crippen molar-refractivity contribution in [2.75, 3.05) is 0 Å². The number of fused-ring (bicyclic) bond motifs is 13. The molecule has 0 nitrogen and oxygen atoms in total. The van der Waals surface area contributed by atoms with Gasteiger partial charge in [0.05, 0.1) is 0 Å². The van der Waals surface area contributed by atoms with Crippen LogP contribution in [0, 0.1) is 0 Å². The maximum absolute atomic E-state index is 2.49. The van der Waals surface area contributed by atoms with Crippen molar-refractivity contribution in [1.82, 2.24) is 0 Å². The van der Waals surface area contributed by atoms with Gasteiger partial charge in [0.1, 0.15) is 0 Å². The molecule has 0 saturated carbocycles. The van der Waals surface area contributed by atoms with Crippen LogP contribution in [-0.4, -0.2) is 0 Å². The van der Waals surface area contributed by atoms with E-state index in [0.29, 0.717) is 0 Å². The molecule has 0 atom stereocenters. The average molecular weight is 637 g/mol. The minimum Gasteiger partial charge on any atom is -0.135 e. The van der Waals surface area contributed by atoms with Crippen LogP contribution in [0.4, 0.5) is 0 Å². The number of hydrogen-bond acceptors (Lipinski definition) is 1. The van der Waals surface area contributed by atoms with Crippen LogP contribution in [0.5, 0.6) is 0 Å². The Morgan fingerprint density at radius 2 is 0.694 bits per heavy atom. The molecule has 1 aromatic heterocycles. The Hall–Kier alpha value is -6.02. The summed E-state index contributed by atoms with van der Waals surface area (Å²) in [4.78, 5) is 0. The molecule has 0 amide bonds. The lowest BCUT2D eigenvalue weighted by atomic mass is 9.82. The third-order valence-corrected chi connectivity index (χ3v) is 11.8. The summed E-state index contributed by atoms with van der Waals surface area (Å²) in [5, 5.41) is 18.2. The van der Waals surface area contributed by atoms with Crippen molar-refractivity contribution in [2.24, 2.45) is 0 Å². The molecule has 0 radical (unpaired) electrons. The largest absolute Gasteiger partial charge is 0.135 e. The van der Waals surface area contributed by atoms with E-state index >= 15 is 0 Å². The molecular formula is C48H28S. The zero-order valence-electron chi connectivity index (χ0n) is 26.6. The number of hydrogen-bond donors (Lipinski definition) is 0. The van der Waals surface area contributed by atoms with Crippen molar-refractivity contribution in [2.45, 2.75) is 0 Å². The second-order valence-corrected chi connectivity index (χ2v) is 14.2. The molecule has 49 heavy (non-hydrogen) atoms. The number of benzene rings is 10.